The van der Waals surface area contributed by atoms with E-state index < -0.39 is 0 Å². The zero-order chi connectivity index (χ0) is 17.0. The van der Waals surface area contributed by atoms with Gasteiger partial charge in [0.25, 0.3) is 0 Å². The summed E-state index contributed by atoms with van der Waals surface area (Å²) in [5.74, 6) is 0.435. The van der Waals surface area contributed by atoms with E-state index in [0.29, 0.717) is 12.5 Å². The monoisotopic (exact) mass is 320 g/mol. The van der Waals surface area contributed by atoms with E-state index >= 15 is 0 Å². The van der Waals surface area contributed by atoms with Gasteiger partial charge in [0, 0.05) is 33.2 Å². The number of fused-ring (bicyclic) bond motifs is 1. The van der Waals surface area contributed by atoms with Crippen LogP contribution in [0.25, 0.3) is 0 Å². The quantitative estimate of drug-likeness (QED) is 0.680. The summed E-state index contributed by atoms with van der Waals surface area (Å²) >= 11 is 0. The maximum atomic E-state index is 13.5. The van der Waals surface area contributed by atoms with E-state index in [9.17, 15) is 9.18 Å². The summed E-state index contributed by atoms with van der Waals surface area (Å²) in [6.07, 6.45) is 0.843. The first-order valence-corrected chi connectivity index (χ1v) is 7.90. The number of halogens is 1. The summed E-state index contributed by atoms with van der Waals surface area (Å²) in [6, 6.07) is 5.15. The molecule has 1 N–H and O–H groups in total. The second-order valence-corrected chi connectivity index (χ2v) is 6.31. The van der Waals surface area contributed by atoms with Crippen molar-refractivity contribution >= 4 is 11.9 Å². The third kappa shape index (κ3) is 4.68. The van der Waals surface area contributed by atoms with Gasteiger partial charge in [-0.15, -0.1) is 0 Å². The smallest absolute Gasteiger partial charge is 0.243 e. The molecule has 0 radical (unpaired) electrons. The van der Waals surface area contributed by atoms with Crippen molar-refractivity contribution in [1.29, 1.82) is 0 Å². The van der Waals surface area contributed by atoms with Crippen molar-refractivity contribution in [3.8, 4) is 0 Å². The number of nitrogens with zero attached hydrogens (tertiary/aromatic N) is 3. The van der Waals surface area contributed by atoms with Crippen LogP contribution in [0, 0.1) is 5.82 Å². The maximum Gasteiger partial charge on any atom is 0.243 e. The van der Waals surface area contributed by atoms with Crippen molar-refractivity contribution in [3.05, 3.63) is 35.1 Å². The largest absolute Gasteiger partial charge is 0.354 e. The summed E-state index contributed by atoms with van der Waals surface area (Å²) in [7, 11) is 3.43. The van der Waals surface area contributed by atoms with E-state index in [4.69, 9.17) is 0 Å². The molecular formula is C17H25FN4O. The van der Waals surface area contributed by atoms with Gasteiger partial charge in [0.15, 0.2) is 5.96 Å². The minimum Gasteiger partial charge on any atom is -0.354 e. The second kappa shape index (κ2) is 7.44. The van der Waals surface area contributed by atoms with Crippen LogP contribution in [0.2, 0.25) is 0 Å². The molecule has 1 aliphatic rings. The molecule has 1 aromatic rings. The van der Waals surface area contributed by atoms with Crippen LogP contribution < -0.4 is 5.32 Å². The number of hydrogen-bond acceptors (Lipinski definition) is 2. The Morgan fingerprint density at radius 1 is 1.39 bits per heavy atom. The van der Waals surface area contributed by atoms with Gasteiger partial charge in [-0.3, -0.25) is 4.79 Å². The molecular weight excluding hydrogens is 295 g/mol. The van der Waals surface area contributed by atoms with E-state index in [2.05, 4.69) is 15.2 Å². The van der Waals surface area contributed by atoms with Crippen LogP contribution >= 0.6 is 0 Å². The van der Waals surface area contributed by atoms with Gasteiger partial charge in [0.05, 0.1) is 0 Å². The Morgan fingerprint density at radius 3 is 2.78 bits per heavy atom. The molecule has 126 valence electrons. The fourth-order valence-electron chi connectivity index (χ4n) is 2.49. The average molecular weight is 320 g/mol. The zero-order valence-electron chi connectivity index (χ0n) is 14.3. The fourth-order valence-corrected chi connectivity index (χ4v) is 2.49. The van der Waals surface area contributed by atoms with E-state index in [-0.39, 0.29) is 24.3 Å². The third-order valence-corrected chi connectivity index (χ3v) is 3.76. The van der Waals surface area contributed by atoms with Gasteiger partial charge in [-0.05, 0) is 43.5 Å². The topological polar surface area (TPSA) is 47.9 Å². The van der Waals surface area contributed by atoms with Crippen molar-refractivity contribution in [3.63, 3.8) is 0 Å². The molecule has 0 bridgehead atoms. The predicted molar refractivity (Wildman–Crippen MR) is 89.8 cm³/mol. The van der Waals surface area contributed by atoms with Crippen molar-refractivity contribution in [2.45, 2.75) is 32.9 Å². The fraction of sp³-hybridized carbons (Fsp3) is 0.529. The summed E-state index contributed by atoms with van der Waals surface area (Å²) < 4.78 is 13.5. The molecule has 0 unspecified atom stereocenters. The molecule has 1 heterocycles. The number of guanidine groups is 1. The highest BCUT2D eigenvalue weighted by molar-refractivity contribution is 5.85. The molecule has 0 saturated carbocycles. The van der Waals surface area contributed by atoms with Gasteiger partial charge in [-0.25, -0.2) is 9.38 Å². The highest BCUT2D eigenvalue weighted by Gasteiger charge is 2.20. The Morgan fingerprint density at radius 2 is 2.13 bits per heavy atom. The number of benzene rings is 1. The molecule has 0 fully saturated rings. The van der Waals surface area contributed by atoms with Gasteiger partial charge >= 0.3 is 0 Å². The summed E-state index contributed by atoms with van der Waals surface area (Å²) in [4.78, 5) is 19.8. The first-order chi connectivity index (χ1) is 10.9. The summed E-state index contributed by atoms with van der Waals surface area (Å²) in [6.45, 7) is 5.56. The number of rotatable bonds is 3. The molecule has 1 aliphatic heterocycles. The predicted octanol–water partition coefficient (Wildman–Crippen LogP) is 1.63. The number of nitrogens with one attached hydrogen (secondary N) is 1. The van der Waals surface area contributed by atoms with Crippen LogP contribution in [0.4, 0.5) is 4.39 Å². The molecule has 23 heavy (non-hydrogen) atoms. The van der Waals surface area contributed by atoms with Crippen molar-refractivity contribution < 1.29 is 9.18 Å². The van der Waals surface area contributed by atoms with E-state index in [1.165, 1.54) is 16.5 Å². The molecule has 0 spiro atoms. The standard InChI is InChI=1S/C17H25FN4O/c1-12(2)20-17(19-10-16(23)21(3)4)22-8-7-13-5-6-15(18)9-14(13)11-22/h5-6,9,12H,7-8,10-11H2,1-4H3,(H,19,20). The lowest BCUT2D eigenvalue weighted by atomic mass is 10.00. The first-order valence-electron chi connectivity index (χ1n) is 7.90. The van der Waals surface area contributed by atoms with Crippen molar-refractivity contribution in [2.75, 3.05) is 27.2 Å². The number of hydrogen-bond donors (Lipinski definition) is 1. The maximum absolute atomic E-state index is 13.5. The van der Waals surface area contributed by atoms with Crippen molar-refractivity contribution in [2.24, 2.45) is 4.99 Å². The Balaban J connectivity index is 2.16. The normalized spacial score (nSPS) is 14.7. The Labute approximate surface area is 137 Å². The second-order valence-electron chi connectivity index (χ2n) is 6.31. The van der Waals surface area contributed by atoms with Crippen LogP contribution in [-0.4, -0.2) is 54.9 Å². The Kier molecular flexibility index (Phi) is 5.58. The van der Waals surface area contributed by atoms with E-state index in [1.807, 2.05) is 19.9 Å². The lowest BCUT2D eigenvalue weighted by Gasteiger charge is -2.32. The lowest BCUT2D eigenvalue weighted by Crippen LogP contribution is -2.47. The van der Waals surface area contributed by atoms with Gasteiger partial charge in [-0.2, -0.15) is 0 Å². The van der Waals surface area contributed by atoms with Gasteiger partial charge in [-0.1, -0.05) is 6.07 Å². The number of aliphatic imine (C=N–C) groups is 1. The van der Waals surface area contributed by atoms with E-state index in [1.54, 1.807) is 20.2 Å². The minimum absolute atomic E-state index is 0.0449. The van der Waals surface area contributed by atoms with Gasteiger partial charge in [0.2, 0.25) is 5.91 Å². The molecule has 0 saturated heterocycles. The van der Waals surface area contributed by atoms with Crippen LogP contribution in [0.3, 0.4) is 0 Å². The van der Waals surface area contributed by atoms with Crippen LogP contribution in [0.5, 0.6) is 0 Å². The first kappa shape index (κ1) is 17.2. The van der Waals surface area contributed by atoms with Crippen LogP contribution in [0.15, 0.2) is 23.2 Å². The van der Waals surface area contributed by atoms with Gasteiger partial charge < -0.3 is 15.1 Å². The minimum atomic E-state index is -0.219. The molecule has 0 aliphatic carbocycles. The molecule has 5 nitrogen and oxygen atoms in total. The molecule has 1 aromatic carbocycles. The van der Waals surface area contributed by atoms with Crippen LogP contribution in [0.1, 0.15) is 25.0 Å². The number of carbonyl (C=O) groups is 1. The summed E-state index contributed by atoms with van der Waals surface area (Å²) in [5.41, 5.74) is 2.16. The van der Waals surface area contributed by atoms with E-state index in [0.717, 1.165) is 18.5 Å². The Hall–Kier alpha value is -2.11. The van der Waals surface area contributed by atoms with Crippen molar-refractivity contribution in [1.82, 2.24) is 15.1 Å². The molecule has 2 rings (SSSR count). The number of amides is 1. The molecule has 0 aromatic heterocycles. The number of likely N-dealkylation sites (N-methyl/N-ethyl adjacent to an activating group) is 1. The SMILES string of the molecule is CC(C)NC(=NCC(=O)N(C)C)N1CCc2ccc(F)cc2C1. The summed E-state index contributed by atoms with van der Waals surface area (Å²) in [5, 5.41) is 3.30. The molecule has 1 amide bonds. The highest BCUT2D eigenvalue weighted by atomic mass is 19.1. The molecule has 0 atom stereocenters. The Bertz CT molecular complexity index is 598. The number of carbonyl (C=O) groups excluding carboxylic acids is 1. The van der Waals surface area contributed by atoms with Gasteiger partial charge in [0.1, 0.15) is 12.4 Å². The van der Waals surface area contributed by atoms with Crippen LogP contribution in [-0.2, 0) is 17.8 Å². The average Bonchev–Trinajstić information content (AvgIpc) is 2.49. The lowest BCUT2D eigenvalue weighted by molar-refractivity contribution is -0.127. The third-order valence-electron chi connectivity index (χ3n) is 3.76. The zero-order valence-corrected chi connectivity index (χ0v) is 14.3. The highest BCUT2D eigenvalue weighted by Crippen LogP contribution is 2.20. The molecule has 6 heteroatoms.